The van der Waals surface area contributed by atoms with E-state index in [1.807, 2.05) is 18.2 Å². The molecule has 1 saturated heterocycles. The van der Waals surface area contributed by atoms with Crippen molar-refractivity contribution in [1.82, 2.24) is 14.3 Å². The summed E-state index contributed by atoms with van der Waals surface area (Å²) in [5, 5.41) is 13.2. The molecule has 38 heavy (non-hydrogen) atoms. The number of nitriles is 1. The van der Waals surface area contributed by atoms with E-state index in [9.17, 15) is 26.9 Å². The molecule has 0 unspecified atom stereocenters. The van der Waals surface area contributed by atoms with Gasteiger partial charge in [0, 0.05) is 36.2 Å². The molecule has 1 aliphatic rings. The van der Waals surface area contributed by atoms with Crippen LogP contribution in [0.2, 0.25) is 0 Å². The Balaban J connectivity index is 1.25. The second-order valence-electron chi connectivity index (χ2n) is 9.06. The number of sulfonamides is 1. The van der Waals surface area contributed by atoms with E-state index in [4.69, 9.17) is 5.73 Å². The number of halogens is 3. The Labute approximate surface area is 217 Å². The topological polar surface area (TPSA) is 128 Å². The van der Waals surface area contributed by atoms with Crippen molar-refractivity contribution in [2.45, 2.75) is 30.0 Å². The van der Waals surface area contributed by atoms with Gasteiger partial charge in [0.15, 0.2) is 0 Å². The molecule has 0 radical (unpaired) electrons. The molecule has 0 amide bonds. The van der Waals surface area contributed by atoms with Crippen LogP contribution in [0.15, 0.2) is 65.7 Å². The lowest BCUT2D eigenvalue weighted by atomic mass is 10.0. The van der Waals surface area contributed by atoms with Gasteiger partial charge >= 0.3 is 6.18 Å². The number of nitrogens with two attached hydrogens (primary N) is 1. The van der Waals surface area contributed by atoms with Gasteiger partial charge in [-0.3, -0.25) is 0 Å². The van der Waals surface area contributed by atoms with E-state index in [2.05, 4.69) is 21.4 Å². The van der Waals surface area contributed by atoms with Crippen LogP contribution in [0.25, 0.3) is 22.0 Å². The maximum atomic E-state index is 13.2. The highest BCUT2D eigenvalue weighted by Gasteiger charge is 2.32. The number of alkyl halides is 3. The molecule has 2 aromatic heterocycles. The first-order valence-corrected chi connectivity index (χ1v) is 13.2. The van der Waals surface area contributed by atoms with E-state index in [0.29, 0.717) is 35.4 Å². The molecule has 196 valence electrons. The molecule has 2 aromatic carbocycles. The number of pyridine rings is 1. The molecule has 8 nitrogen and oxygen atoms in total. The Morgan fingerprint density at radius 1 is 1.05 bits per heavy atom. The fraction of sp³-hybridized carbons (Fsp3) is 0.231. The number of rotatable bonds is 5. The standard InChI is InChI=1S/C26H23F3N6O2S/c27-26(28,29)18-4-8-24(32-15-18)33-19-9-11-35(12-10-19)38(36,37)20-5-1-16(2-6-20)17-3-7-23-21(13-17)22(14-30)25(31)34-23/h1-8,13,15,19,34H,9-12,31H2,(H,32,33). The van der Waals surface area contributed by atoms with Crippen LogP contribution < -0.4 is 11.1 Å². The summed E-state index contributed by atoms with van der Waals surface area (Å²) in [6, 6.07) is 16.3. The van der Waals surface area contributed by atoms with Crippen molar-refractivity contribution in [3.05, 3.63) is 71.9 Å². The number of hydrogen-bond acceptors (Lipinski definition) is 6. The molecule has 0 aliphatic carbocycles. The second kappa shape index (κ2) is 9.66. The van der Waals surface area contributed by atoms with Crippen LogP contribution in [-0.2, 0) is 16.2 Å². The first kappa shape index (κ1) is 25.6. The molecule has 0 saturated carbocycles. The van der Waals surface area contributed by atoms with E-state index in [0.717, 1.165) is 28.9 Å². The quantitative estimate of drug-likeness (QED) is 0.328. The molecule has 12 heteroatoms. The number of aromatic amines is 1. The molecule has 1 fully saturated rings. The van der Waals surface area contributed by atoms with Crippen LogP contribution in [0.5, 0.6) is 0 Å². The third-order valence-corrected chi connectivity index (χ3v) is 8.57. The highest BCUT2D eigenvalue weighted by molar-refractivity contribution is 7.89. The molecule has 0 bridgehead atoms. The summed E-state index contributed by atoms with van der Waals surface area (Å²) >= 11 is 0. The van der Waals surface area contributed by atoms with Gasteiger partial charge in [0.05, 0.1) is 10.5 Å². The van der Waals surface area contributed by atoms with Crippen LogP contribution >= 0.6 is 0 Å². The predicted octanol–water partition coefficient (Wildman–Crippen LogP) is 4.97. The van der Waals surface area contributed by atoms with Crippen molar-refractivity contribution < 1.29 is 21.6 Å². The minimum atomic E-state index is -4.45. The monoisotopic (exact) mass is 540 g/mol. The van der Waals surface area contributed by atoms with Crippen molar-refractivity contribution in [1.29, 1.82) is 5.26 Å². The molecule has 3 heterocycles. The largest absolute Gasteiger partial charge is 0.417 e. The average molecular weight is 541 g/mol. The summed E-state index contributed by atoms with van der Waals surface area (Å²) in [6.45, 7) is 0.538. The number of anilines is 2. The number of nitrogens with zero attached hydrogens (tertiary/aromatic N) is 3. The molecular formula is C26H23F3N6O2S. The van der Waals surface area contributed by atoms with Crippen molar-refractivity contribution >= 4 is 32.6 Å². The van der Waals surface area contributed by atoms with Gasteiger partial charge in [-0.05, 0) is 60.4 Å². The second-order valence-corrected chi connectivity index (χ2v) is 11.0. The van der Waals surface area contributed by atoms with Crippen LogP contribution in [0.4, 0.5) is 24.8 Å². The van der Waals surface area contributed by atoms with Gasteiger partial charge in [0.1, 0.15) is 23.3 Å². The van der Waals surface area contributed by atoms with Crippen molar-refractivity contribution in [2.75, 3.05) is 24.1 Å². The number of aromatic nitrogens is 2. The number of fused-ring (bicyclic) bond motifs is 1. The summed E-state index contributed by atoms with van der Waals surface area (Å²) < 4.78 is 66.0. The van der Waals surface area contributed by atoms with Crippen molar-refractivity contribution in [3.63, 3.8) is 0 Å². The van der Waals surface area contributed by atoms with Crippen molar-refractivity contribution in [2.24, 2.45) is 0 Å². The van der Waals surface area contributed by atoms with Gasteiger partial charge in [0.25, 0.3) is 0 Å². The summed E-state index contributed by atoms with van der Waals surface area (Å²) in [5.41, 5.74) is 7.77. The zero-order valence-corrected chi connectivity index (χ0v) is 20.8. The zero-order chi connectivity index (χ0) is 27.1. The maximum Gasteiger partial charge on any atom is 0.417 e. The van der Waals surface area contributed by atoms with Gasteiger partial charge < -0.3 is 16.0 Å². The van der Waals surface area contributed by atoms with Crippen molar-refractivity contribution in [3.8, 4) is 17.2 Å². The van der Waals surface area contributed by atoms with Crippen LogP contribution in [-0.4, -0.2) is 41.8 Å². The fourth-order valence-electron chi connectivity index (χ4n) is 4.58. The number of hydrogen-bond donors (Lipinski definition) is 3. The molecular weight excluding hydrogens is 517 g/mol. The van der Waals surface area contributed by atoms with Crippen LogP contribution in [0.1, 0.15) is 24.0 Å². The Morgan fingerprint density at radius 3 is 2.34 bits per heavy atom. The maximum absolute atomic E-state index is 13.2. The number of piperidine rings is 1. The number of nitrogen functional groups attached to an aromatic ring is 1. The molecule has 0 atom stereocenters. The van der Waals surface area contributed by atoms with Crippen LogP contribution in [0.3, 0.4) is 0 Å². The fourth-order valence-corrected chi connectivity index (χ4v) is 6.05. The summed E-state index contributed by atoms with van der Waals surface area (Å²) in [7, 11) is -3.72. The lowest BCUT2D eigenvalue weighted by molar-refractivity contribution is -0.137. The van der Waals surface area contributed by atoms with E-state index in [1.54, 1.807) is 24.3 Å². The lowest BCUT2D eigenvalue weighted by Gasteiger charge is -2.32. The van der Waals surface area contributed by atoms with Gasteiger partial charge in [0.2, 0.25) is 10.0 Å². The summed E-state index contributed by atoms with van der Waals surface area (Å²) in [5.74, 6) is 0.619. The van der Waals surface area contributed by atoms with Gasteiger partial charge in [-0.2, -0.15) is 22.7 Å². The number of benzene rings is 2. The first-order valence-electron chi connectivity index (χ1n) is 11.8. The van der Waals surface area contributed by atoms with Gasteiger partial charge in [-0.25, -0.2) is 13.4 Å². The normalized spacial score (nSPS) is 15.4. The molecule has 5 rings (SSSR count). The predicted molar refractivity (Wildman–Crippen MR) is 138 cm³/mol. The summed E-state index contributed by atoms with van der Waals surface area (Å²) in [6.07, 6.45) is -2.70. The molecule has 4 aromatic rings. The number of nitrogens with one attached hydrogen (secondary N) is 2. The Kier molecular flexibility index (Phi) is 6.50. The minimum Gasteiger partial charge on any atom is -0.384 e. The van der Waals surface area contributed by atoms with Gasteiger partial charge in [-0.15, -0.1) is 0 Å². The number of H-pyrrole nitrogens is 1. The molecule has 4 N–H and O–H groups in total. The molecule has 0 spiro atoms. The lowest BCUT2D eigenvalue weighted by Crippen LogP contribution is -2.42. The van der Waals surface area contributed by atoms with E-state index < -0.39 is 21.8 Å². The SMILES string of the molecule is N#Cc1c(N)[nH]c2ccc(-c3ccc(S(=O)(=O)N4CCC(Nc5ccc(C(F)(F)F)cn5)CC4)cc3)cc12. The van der Waals surface area contributed by atoms with Gasteiger partial charge in [-0.1, -0.05) is 18.2 Å². The zero-order valence-electron chi connectivity index (χ0n) is 20.0. The smallest absolute Gasteiger partial charge is 0.384 e. The highest BCUT2D eigenvalue weighted by Crippen LogP contribution is 2.31. The molecule has 1 aliphatic heterocycles. The first-order chi connectivity index (χ1) is 18.1. The minimum absolute atomic E-state index is 0.108. The van der Waals surface area contributed by atoms with Crippen LogP contribution in [0, 0.1) is 11.3 Å². The Bertz CT molecular complexity index is 1620. The third kappa shape index (κ3) is 4.90. The van der Waals surface area contributed by atoms with E-state index >= 15 is 0 Å². The highest BCUT2D eigenvalue weighted by atomic mass is 32.2. The average Bonchev–Trinajstić information content (AvgIpc) is 3.23. The Hall–Kier alpha value is -4.08. The summed E-state index contributed by atoms with van der Waals surface area (Å²) in [4.78, 5) is 6.96. The van der Waals surface area contributed by atoms with E-state index in [1.165, 1.54) is 10.4 Å². The Morgan fingerprint density at radius 2 is 1.74 bits per heavy atom. The van der Waals surface area contributed by atoms with E-state index in [-0.39, 0.29) is 24.0 Å². The third-order valence-electron chi connectivity index (χ3n) is 6.66.